The summed E-state index contributed by atoms with van der Waals surface area (Å²) in [4.78, 5) is 0. The second-order valence-electron chi connectivity index (χ2n) is 11.7. The smallest absolute Gasteiger partial charge is 0.0901 e. The summed E-state index contributed by atoms with van der Waals surface area (Å²) >= 11 is 0. The maximum absolute atomic E-state index is 10.6. The molecule has 3 aliphatic rings. The molecule has 3 fully saturated rings. The highest BCUT2D eigenvalue weighted by molar-refractivity contribution is 5.38. The second kappa shape index (κ2) is 12.0. The van der Waals surface area contributed by atoms with E-state index in [9.17, 15) is 20.4 Å². The standard InChI is InChI=1S/C30H50O5/c1-6-30(34,7-2)28(33)14-16-35-21(4)26-12-13-27-22(9-8-15-29(26,27)5)10-11-23-17-25(32)18-24(19-31)20(23)3/h10-11,21,24-28,31-34H,3,6-9,12-19H2,1-2,4-5H3/b22-10+,23-11-/t21-,24-,25-,26+,27-,28-,29+/m0/s1. The van der Waals surface area contributed by atoms with Gasteiger partial charge in [0.1, 0.15) is 0 Å². The maximum Gasteiger partial charge on any atom is 0.0901 e. The third-order valence-electron chi connectivity index (χ3n) is 9.86. The van der Waals surface area contributed by atoms with E-state index >= 15 is 0 Å². The molecule has 4 N–H and O–H groups in total. The van der Waals surface area contributed by atoms with Crippen molar-refractivity contribution in [1.82, 2.24) is 0 Å². The van der Waals surface area contributed by atoms with Gasteiger partial charge in [-0.2, -0.15) is 0 Å². The first-order chi connectivity index (χ1) is 16.6. The molecule has 0 aromatic heterocycles. The average molecular weight is 491 g/mol. The van der Waals surface area contributed by atoms with Crippen LogP contribution in [0.5, 0.6) is 0 Å². The Labute approximate surface area is 213 Å². The fraction of sp³-hybridized carbons (Fsp3) is 0.800. The Hall–Kier alpha value is -0.980. The molecule has 0 aromatic rings. The van der Waals surface area contributed by atoms with E-state index in [-0.39, 0.29) is 24.0 Å². The van der Waals surface area contributed by atoms with Crippen molar-refractivity contribution < 1.29 is 25.2 Å². The van der Waals surface area contributed by atoms with Gasteiger partial charge < -0.3 is 25.2 Å². The van der Waals surface area contributed by atoms with Crippen molar-refractivity contribution in [1.29, 1.82) is 0 Å². The van der Waals surface area contributed by atoms with E-state index < -0.39 is 17.8 Å². The van der Waals surface area contributed by atoms with Gasteiger partial charge in [-0.3, -0.25) is 0 Å². The van der Waals surface area contributed by atoms with Crippen molar-refractivity contribution >= 4 is 0 Å². The van der Waals surface area contributed by atoms with Crippen LogP contribution in [0.4, 0.5) is 0 Å². The summed E-state index contributed by atoms with van der Waals surface area (Å²) < 4.78 is 6.27. The van der Waals surface area contributed by atoms with Gasteiger partial charge in [0.25, 0.3) is 0 Å². The first-order valence-corrected chi connectivity index (χ1v) is 14.0. The Balaban J connectivity index is 1.65. The van der Waals surface area contributed by atoms with Gasteiger partial charge in [-0.15, -0.1) is 0 Å². The molecule has 0 aliphatic heterocycles. The van der Waals surface area contributed by atoms with E-state index in [0.717, 1.165) is 24.0 Å². The first-order valence-electron chi connectivity index (χ1n) is 14.0. The van der Waals surface area contributed by atoms with Crippen LogP contribution in [-0.2, 0) is 4.74 Å². The van der Waals surface area contributed by atoms with Crippen LogP contribution in [0.2, 0.25) is 0 Å². The Kier molecular flexibility index (Phi) is 9.84. The molecule has 0 radical (unpaired) electrons. The van der Waals surface area contributed by atoms with Gasteiger partial charge in [-0.05, 0) is 99.5 Å². The molecule has 5 heteroatoms. The van der Waals surface area contributed by atoms with Crippen molar-refractivity contribution in [3.63, 3.8) is 0 Å². The molecule has 0 spiro atoms. The molecule has 0 heterocycles. The number of hydrogen-bond donors (Lipinski definition) is 4. The summed E-state index contributed by atoms with van der Waals surface area (Å²) in [5.74, 6) is 0.968. The molecule has 200 valence electrons. The van der Waals surface area contributed by atoms with Gasteiger partial charge in [0.2, 0.25) is 0 Å². The monoisotopic (exact) mass is 490 g/mol. The third-order valence-corrected chi connectivity index (χ3v) is 9.86. The number of ether oxygens (including phenoxy) is 1. The zero-order valence-corrected chi connectivity index (χ0v) is 22.5. The Morgan fingerprint density at radius 1 is 1.23 bits per heavy atom. The molecule has 0 saturated heterocycles. The van der Waals surface area contributed by atoms with Crippen LogP contribution in [0.15, 0.2) is 35.5 Å². The maximum atomic E-state index is 10.6. The minimum atomic E-state index is -1.02. The zero-order chi connectivity index (χ0) is 25.8. The second-order valence-corrected chi connectivity index (χ2v) is 11.7. The predicted molar refractivity (Wildman–Crippen MR) is 141 cm³/mol. The quantitative estimate of drug-likeness (QED) is 0.343. The number of allylic oxidation sites excluding steroid dienone is 3. The van der Waals surface area contributed by atoms with Crippen molar-refractivity contribution in [2.24, 2.45) is 23.2 Å². The van der Waals surface area contributed by atoms with Crippen LogP contribution in [0.25, 0.3) is 0 Å². The van der Waals surface area contributed by atoms with Gasteiger partial charge in [0.05, 0.1) is 30.5 Å². The summed E-state index contributed by atoms with van der Waals surface area (Å²) in [6, 6.07) is 0. The summed E-state index contributed by atoms with van der Waals surface area (Å²) in [6.07, 6.45) is 12.0. The molecule has 0 aromatic carbocycles. The van der Waals surface area contributed by atoms with E-state index in [1.165, 1.54) is 24.8 Å². The van der Waals surface area contributed by atoms with Crippen LogP contribution >= 0.6 is 0 Å². The number of aliphatic hydroxyl groups excluding tert-OH is 3. The van der Waals surface area contributed by atoms with Crippen LogP contribution in [-0.4, -0.2) is 57.6 Å². The minimum Gasteiger partial charge on any atom is -0.396 e. The molecule has 3 aliphatic carbocycles. The van der Waals surface area contributed by atoms with Gasteiger partial charge in [-0.1, -0.05) is 45.1 Å². The number of hydrogen-bond acceptors (Lipinski definition) is 5. The predicted octanol–water partition coefficient (Wildman–Crippen LogP) is 5.08. The van der Waals surface area contributed by atoms with Crippen molar-refractivity contribution in [2.75, 3.05) is 13.2 Å². The Morgan fingerprint density at radius 2 is 1.94 bits per heavy atom. The molecular weight excluding hydrogens is 440 g/mol. The zero-order valence-electron chi connectivity index (χ0n) is 22.5. The third kappa shape index (κ3) is 6.13. The normalized spacial score (nSPS) is 35.9. The van der Waals surface area contributed by atoms with Crippen LogP contribution in [0.1, 0.15) is 91.9 Å². The number of aliphatic hydroxyl groups is 4. The lowest BCUT2D eigenvalue weighted by atomic mass is 9.62. The Morgan fingerprint density at radius 3 is 2.60 bits per heavy atom. The molecule has 0 unspecified atom stereocenters. The highest BCUT2D eigenvalue weighted by atomic mass is 16.5. The molecule has 35 heavy (non-hydrogen) atoms. The summed E-state index contributed by atoms with van der Waals surface area (Å²) in [5, 5.41) is 40.9. The van der Waals surface area contributed by atoms with E-state index in [1.54, 1.807) is 0 Å². The molecule has 3 saturated carbocycles. The summed E-state index contributed by atoms with van der Waals surface area (Å²) in [7, 11) is 0. The summed E-state index contributed by atoms with van der Waals surface area (Å²) in [6.45, 7) is 13.2. The molecule has 0 amide bonds. The minimum absolute atomic E-state index is 0.0390. The highest BCUT2D eigenvalue weighted by Gasteiger charge is 2.51. The van der Waals surface area contributed by atoms with Crippen molar-refractivity contribution in [3.8, 4) is 0 Å². The average Bonchev–Trinajstić information content (AvgIpc) is 3.21. The molecule has 5 nitrogen and oxygen atoms in total. The lowest BCUT2D eigenvalue weighted by Crippen LogP contribution is -2.42. The lowest BCUT2D eigenvalue weighted by Gasteiger charge is -2.44. The molecule has 0 bridgehead atoms. The largest absolute Gasteiger partial charge is 0.396 e. The highest BCUT2D eigenvalue weighted by Crippen LogP contribution is 2.58. The lowest BCUT2D eigenvalue weighted by molar-refractivity contribution is -0.0997. The number of fused-ring (bicyclic) bond motifs is 1. The van der Waals surface area contributed by atoms with E-state index in [2.05, 4.69) is 32.6 Å². The van der Waals surface area contributed by atoms with E-state index in [4.69, 9.17) is 4.74 Å². The fourth-order valence-corrected chi connectivity index (χ4v) is 7.29. The van der Waals surface area contributed by atoms with E-state index in [1.807, 2.05) is 13.8 Å². The van der Waals surface area contributed by atoms with Crippen LogP contribution in [0, 0.1) is 23.2 Å². The molecule has 3 rings (SSSR count). The van der Waals surface area contributed by atoms with Gasteiger partial charge in [0, 0.05) is 12.5 Å². The van der Waals surface area contributed by atoms with Crippen molar-refractivity contribution in [3.05, 3.63) is 35.5 Å². The van der Waals surface area contributed by atoms with Gasteiger partial charge in [-0.25, -0.2) is 0 Å². The first kappa shape index (κ1) is 28.6. The fourth-order valence-electron chi connectivity index (χ4n) is 7.29. The number of rotatable bonds is 10. The SMILES string of the molecule is C=C1/C(=C\C=C2/CCC[C@]3(C)[C@@H]([C@H](C)OCC[C@H](O)C(O)(CC)CC)CC[C@@H]23)C[C@H](O)C[C@H]1CO. The topological polar surface area (TPSA) is 90.2 Å². The Bertz CT molecular complexity index is 782. The molecule has 7 atom stereocenters. The van der Waals surface area contributed by atoms with Crippen molar-refractivity contribution in [2.45, 2.75) is 116 Å². The van der Waals surface area contributed by atoms with Crippen LogP contribution in [0.3, 0.4) is 0 Å². The van der Waals surface area contributed by atoms with E-state index in [0.29, 0.717) is 50.5 Å². The van der Waals surface area contributed by atoms with Gasteiger partial charge in [0.15, 0.2) is 0 Å². The summed E-state index contributed by atoms with van der Waals surface area (Å²) in [5.41, 5.74) is 2.73. The molecular formula is C30H50O5. The van der Waals surface area contributed by atoms with Crippen LogP contribution < -0.4 is 0 Å². The van der Waals surface area contributed by atoms with Gasteiger partial charge >= 0.3 is 0 Å².